The first-order chi connectivity index (χ1) is 16.6. The lowest BCUT2D eigenvalue weighted by atomic mass is 9.81. The highest BCUT2D eigenvalue weighted by atomic mass is 35.5. The average molecular weight is 495 g/mol. The Morgan fingerprint density at radius 2 is 1.69 bits per heavy atom. The molecule has 0 amide bonds. The number of fused-ring (bicyclic) bond motifs is 1. The molecule has 35 heavy (non-hydrogen) atoms. The lowest BCUT2D eigenvalue weighted by Crippen LogP contribution is -2.21. The molecular weight excluding hydrogens is 475 g/mol. The minimum absolute atomic E-state index is 0.0616. The summed E-state index contributed by atoms with van der Waals surface area (Å²) in [6, 6.07) is 15.0. The zero-order valence-corrected chi connectivity index (χ0v) is 19.4. The highest BCUT2D eigenvalue weighted by molar-refractivity contribution is 6.32. The van der Waals surface area contributed by atoms with Gasteiger partial charge in [0, 0.05) is 11.1 Å². The van der Waals surface area contributed by atoms with Gasteiger partial charge in [0.25, 0.3) is 0 Å². The highest BCUT2D eigenvalue weighted by Crippen LogP contribution is 2.43. The molecule has 0 saturated carbocycles. The van der Waals surface area contributed by atoms with E-state index in [1.807, 2.05) is 0 Å². The van der Waals surface area contributed by atoms with Crippen LogP contribution in [0, 0.1) is 12.7 Å². The number of Topliss-reactive ketones (excluding diaryl/α,β-unsaturated/α-hetero) is 1. The van der Waals surface area contributed by atoms with Crippen LogP contribution in [0.2, 0.25) is 5.02 Å². The molecule has 0 aliphatic carbocycles. The second kappa shape index (κ2) is 9.27. The van der Waals surface area contributed by atoms with Gasteiger partial charge >= 0.3 is 5.63 Å². The lowest BCUT2D eigenvalue weighted by molar-refractivity contribution is -0.113. The quantitative estimate of drug-likeness (QED) is 0.178. The number of phenols is 1. The predicted octanol–water partition coefficient (Wildman–Crippen LogP) is 6.00. The molecule has 1 atom stereocenters. The molecule has 0 aliphatic rings. The van der Waals surface area contributed by atoms with Crippen molar-refractivity contribution in [3.63, 3.8) is 0 Å². The minimum atomic E-state index is -1.49. The monoisotopic (exact) mass is 494 g/mol. The van der Waals surface area contributed by atoms with Gasteiger partial charge in [-0.3, -0.25) is 4.79 Å². The second-order valence-corrected chi connectivity index (χ2v) is 8.45. The molecule has 178 valence electrons. The number of hydrogen-bond donors (Lipinski definition) is 3. The Bertz CT molecular complexity index is 1550. The van der Waals surface area contributed by atoms with Gasteiger partial charge in [0.05, 0.1) is 21.9 Å². The molecule has 1 heterocycles. The summed E-state index contributed by atoms with van der Waals surface area (Å²) in [5, 5.41) is 32.1. The standard InChI is InChI=1S/C27H20ClFO6/c1-13-7-3-4-8-16(13)24(31)21(14(2)30)22(15-11-18(28)26(33)19(29)12-15)23-25(32)17-9-5-6-10-20(17)35-27(23)34/h3-12,22,31-33H,1-2H3/b24-21-. The smallest absolute Gasteiger partial charge is 0.344 e. The van der Waals surface area contributed by atoms with Crippen molar-refractivity contribution >= 4 is 34.1 Å². The maximum absolute atomic E-state index is 14.6. The fourth-order valence-electron chi connectivity index (χ4n) is 4.12. The molecule has 1 unspecified atom stereocenters. The zero-order valence-electron chi connectivity index (χ0n) is 18.7. The van der Waals surface area contributed by atoms with Crippen LogP contribution in [-0.4, -0.2) is 21.1 Å². The number of carbonyl (C=O) groups is 1. The molecule has 0 aliphatic heterocycles. The number of benzene rings is 3. The molecule has 0 fully saturated rings. The summed E-state index contributed by atoms with van der Waals surface area (Å²) < 4.78 is 20.0. The second-order valence-electron chi connectivity index (χ2n) is 8.05. The molecule has 0 radical (unpaired) electrons. The Balaban J connectivity index is 2.16. The van der Waals surface area contributed by atoms with Crippen LogP contribution in [-0.2, 0) is 4.79 Å². The number of halogens is 2. The Kier molecular flexibility index (Phi) is 6.37. The fourth-order valence-corrected chi connectivity index (χ4v) is 4.34. The summed E-state index contributed by atoms with van der Waals surface area (Å²) in [6.07, 6.45) is 0. The third-order valence-electron chi connectivity index (χ3n) is 5.80. The van der Waals surface area contributed by atoms with Crippen LogP contribution in [0.15, 0.2) is 75.4 Å². The third-order valence-corrected chi connectivity index (χ3v) is 6.09. The van der Waals surface area contributed by atoms with Crippen molar-refractivity contribution in [2.45, 2.75) is 19.8 Å². The molecule has 8 heteroatoms. The first-order valence-electron chi connectivity index (χ1n) is 10.5. The summed E-state index contributed by atoms with van der Waals surface area (Å²) in [5.74, 6) is -5.02. The van der Waals surface area contributed by atoms with Gasteiger partial charge in [0.15, 0.2) is 17.3 Å². The van der Waals surface area contributed by atoms with Crippen LogP contribution >= 0.6 is 11.6 Å². The van der Waals surface area contributed by atoms with E-state index in [9.17, 15) is 29.3 Å². The maximum Gasteiger partial charge on any atom is 0.344 e. The molecule has 0 spiro atoms. The van der Waals surface area contributed by atoms with Crippen LogP contribution in [0.5, 0.6) is 11.5 Å². The number of aryl methyl sites for hydroxylation is 1. The predicted molar refractivity (Wildman–Crippen MR) is 130 cm³/mol. The molecule has 1 aromatic heterocycles. The van der Waals surface area contributed by atoms with Crippen molar-refractivity contribution in [3.8, 4) is 11.5 Å². The van der Waals surface area contributed by atoms with Crippen LogP contribution < -0.4 is 5.63 Å². The van der Waals surface area contributed by atoms with E-state index in [2.05, 4.69) is 0 Å². The third kappa shape index (κ3) is 4.26. The molecule has 4 rings (SSSR count). The summed E-state index contributed by atoms with van der Waals surface area (Å²) >= 11 is 6.01. The number of rotatable bonds is 5. The molecular formula is C27H20ClFO6. The number of hydrogen-bond acceptors (Lipinski definition) is 6. The van der Waals surface area contributed by atoms with E-state index in [4.69, 9.17) is 16.0 Å². The van der Waals surface area contributed by atoms with Crippen molar-refractivity contribution < 1.29 is 28.9 Å². The number of phenolic OH excluding ortho intramolecular Hbond substituents is 1. The van der Waals surface area contributed by atoms with Gasteiger partial charge in [-0.05, 0) is 49.2 Å². The van der Waals surface area contributed by atoms with Crippen molar-refractivity contribution in [1.29, 1.82) is 0 Å². The van der Waals surface area contributed by atoms with Gasteiger partial charge in [-0.2, -0.15) is 0 Å². The summed E-state index contributed by atoms with van der Waals surface area (Å²) in [6.45, 7) is 2.90. The van der Waals surface area contributed by atoms with E-state index in [0.29, 0.717) is 11.1 Å². The highest BCUT2D eigenvalue weighted by Gasteiger charge is 2.34. The first-order valence-corrected chi connectivity index (χ1v) is 10.9. The summed E-state index contributed by atoms with van der Waals surface area (Å²) in [7, 11) is 0. The fraction of sp³-hybridized carbons (Fsp3) is 0.111. The van der Waals surface area contributed by atoms with Crippen molar-refractivity contribution in [3.05, 3.63) is 110 Å². The number of para-hydroxylation sites is 1. The first kappa shape index (κ1) is 24.0. The SMILES string of the molecule is CC(=O)/C(=C(/O)c1ccccc1C)C(c1cc(F)c(O)c(Cl)c1)c1c(O)c2ccccc2oc1=O. The van der Waals surface area contributed by atoms with Gasteiger partial charge in [0.2, 0.25) is 0 Å². The normalized spacial score (nSPS) is 12.9. The molecule has 3 N–H and O–H groups in total. The Hall–Kier alpha value is -4.10. The van der Waals surface area contributed by atoms with E-state index in [0.717, 1.165) is 12.1 Å². The Morgan fingerprint density at radius 3 is 2.34 bits per heavy atom. The van der Waals surface area contributed by atoms with E-state index in [-0.39, 0.29) is 27.1 Å². The molecule has 4 aromatic rings. The molecule has 0 saturated heterocycles. The van der Waals surface area contributed by atoms with E-state index >= 15 is 0 Å². The molecule has 3 aromatic carbocycles. The van der Waals surface area contributed by atoms with Gasteiger partial charge in [-0.15, -0.1) is 0 Å². The van der Waals surface area contributed by atoms with Gasteiger partial charge in [0.1, 0.15) is 17.1 Å². The molecule has 6 nitrogen and oxygen atoms in total. The van der Waals surface area contributed by atoms with E-state index in [1.165, 1.54) is 19.1 Å². The number of aliphatic hydroxyl groups excluding tert-OH is 1. The number of aliphatic hydroxyl groups is 1. The van der Waals surface area contributed by atoms with Gasteiger partial charge in [-0.1, -0.05) is 48.0 Å². The average Bonchev–Trinajstić information content (AvgIpc) is 2.81. The van der Waals surface area contributed by atoms with Crippen molar-refractivity contribution in [2.24, 2.45) is 0 Å². The number of allylic oxidation sites excluding steroid dienone is 1. The van der Waals surface area contributed by atoms with Crippen molar-refractivity contribution in [2.75, 3.05) is 0 Å². The van der Waals surface area contributed by atoms with Gasteiger partial charge in [-0.25, -0.2) is 9.18 Å². The van der Waals surface area contributed by atoms with Crippen LogP contribution in [0.25, 0.3) is 16.7 Å². The summed E-state index contributed by atoms with van der Waals surface area (Å²) in [4.78, 5) is 26.1. The zero-order chi connectivity index (χ0) is 25.4. The number of ketones is 1. The van der Waals surface area contributed by atoms with Crippen LogP contribution in [0.1, 0.15) is 35.1 Å². The lowest BCUT2D eigenvalue weighted by Gasteiger charge is -2.23. The Labute approximate surface area is 204 Å². The van der Waals surface area contributed by atoms with Gasteiger partial charge < -0.3 is 19.7 Å². The largest absolute Gasteiger partial charge is 0.507 e. The molecule has 0 bridgehead atoms. The summed E-state index contributed by atoms with van der Waals surface area (Å²) in [5.41, 5.74) is -0.706. The minimum Gasteiger partial charge on any atom is -0.507 e. The number of carbonyl (C=O) groups excluding carboxylic acids is 1. The maximum atomic E-state index is 14.6. The topological polar surface area (TPSA) is 108 Å². The van der Waals surface area contributed by atoms with E-state index in [1.54, 1.807) is 43.3 Å². The van der Waals surface area contributed by atoms with E-state index < -0.39 is 46.0 Å². The number of aromatic hydroxyl groups is 2. The van der Waals surface area contributed by atoms with Crippen LogP contribution in [0.3, 0.4) is 0 Å². The van der Waals surface area contributed by atoms with Crippen LogP contribution in [0.4, 0.5) is 4.39 Å². The van der Waals surface area contributed by atoms with Crippen molar-refractivity contribution in [1.82, 2.24) is 0 Å². The Morgan fingerprint density at radius 1 is 1.03 bits per heavy atom.